The molecule has 1 amide bonds. The Labute approximate surface area is 125 Å². The Kier molecular flexibility index (Phi) is 4.67. The van der Waals surface area contributed by atoms with Crippen LogP contribution in [-0.4, -0.2) is 16.9 Å². The van der Waals surface area contributed by atoms with Crippen molar-refractivity contribution in [3.05, 3.63) is 64.5 Å². The molecule has 1 atom stereocenters. The van der Waals surface area contributed by atoms with E-state index in [0.29, 0.717) is 5.69 Å². The summed E-state index contributed by atoms with van der Waals surface area (Å²) in [7, 11) is 0. The van der Waals surface area contributed by atoms with Crippen LogP contribution in [0.5, 0.6) is 5.75 Å². The monoisotopic (exact) mass is 304 g/mol. The van der Waals surface area contributed by atoms with E-state index in [4.69, 9.17) is 4.74 Å². The lowest BCUT2D eigenvalue weighted by Crippen LogP contribution is -2.30. The topological polar surface area (TPSA) is 81.5 Å². The fourth-order valence-electron chi connectivity index (χ4n) is 1.69. The Morgan fingerprint density at radius 1 is 1.23 bits per heavy atom. The van der Waals surface area contributed by atoms with Gasteiger partial charge in [0.25, 0.3) is 11.6 Å². The van der Waals surface area contributed by atoms with Crippen LogP contribution in [0.15, 0.2) is 48.5 Å². The smallest absolute Gasteiger partial charge is 0.269 e. The summed E-state index contributed by atoms with van der Waals surface area (Å²) in [6.45, 7) is 1.48. The fraction of sp³-hybridized carbons (Fsp3) is 0.133. The number of nitrogens with zero attached hydrogens (tertiary/aromatic N) is 1. The quantitative estimate of drug-likeness (QED) is 0.679. The molecule has 2 aromatic rings. The molecule has 2 aromatic carbocycles. The zero-order valence-electron chi connectivity index (χ0n) is 11.7. The number of carbonyl (C=O) groups excluding carboxylic acids is 1. The van der Waals surface area contributed by atoms with Crippen molar-refractivity contribution in [2.24, 2.45) is 0 Å². The first-order valence-corrected chi connectivity index (χ1v) is 6.44. The predicted octanol–water partition coefficient (Wildman–Crippen LogP) is 3.14. The van der Waals surface area contributed by atoms with Crippen molar-refractivity contribution in [3.8, 4) is 5.75 Å². The van der Waals surface area contributed by atoms with Gasteiger partial charge >= 0.3 is 0 Å². The normalized spacial score (nSPS) is 11.5. The van der Waals surface area contributed by atoms with Crippen LogP contribution >= 0.6 is 0 Å². The van der Waals surface area contributed by atoms with Crippen LogP contribution in [0.4, 0.5) is 15.8 Å². The van der Waals surface area contributed by atoms with Crippen LogP contribution in [0.1, 0.15) is 6.92 Å². The molecule has 0 aromatic heterocycles. The minimum absolute atomic E-state index is 0.0196. The summed E-state index contributed by atoms with van der Waals surface area (Å²) < 4.78 is 18.7. The highest BCUT2D eigenvalue weighted by atomic mass is 19.1. The summed E-state index contributed by atoms with van der Waals surface area (Å²) in [6.07, 6.45) is -0.924. The number of non-ortho nitro benzene ring substituents is 1. The first-order chi connectivity index (χ1) is 10.5. The highest BCUT2D eigenvalue weighted by Crippen LogP contribution is 2.19. The lowest BCUT2D eigenvalue weighted by atomic mass is 10.2. The minimum Gasteiger partial charge on any atom is -0.478 e. The number of halogens is 1. The molecule has 0 aliphatic heterocycles. The number of amides is 1. The Balaban J connectivity index is 1.99. The van der Waals surface area contributed by atoms with Crippen molar-refractivity contribution in [1.29, 1.82) is 0 Å². The lowest BCUT2D eigenvalue weighted by Gasteiger charge is -2.15. The fourth-order valence-corrected chi connectivity index (χ4v) is 1.69. The van der Waals surface area contributed by atoms with Gasteiger partial charge in [-0.1, -0.05) is 12.1 Å². The third kappa shape index (κ3) is 3.78. The van der Waals surface area contributed by atoms with E-state index in [2.05, 4.69) is 5.32 Å². The van der Waals surface area contributed by atoms with Gasteiger partial charge in [0.05, 0.1) is 4.92 Å². The number of benzene rings is 2. The van der Waals surface area contributed by atoms with E-state index in [9.17, 15) is 19.3 Å². The molecule has 6 nitrogen and oxygen atoms in total. The van der Waals surface area contributed by atoms with Crippen molar-refractivity contribution in [3.63, 3.8) is 0 Å². The van der Waals surface area contributed by atoms with E-state index in [1.807, 2.05) is 0 Å². The molecule has 114 valence electrons. The van der Waals surface area contributed by atoms with Gasteiger partial charge in [0.15, 0.2) is 17.7 Å². The number of nitro groups is 1. The van der Waals surface area contributed by atoms with E-state index < -0.39 is 22.8 Å². The van der Waals surface area contributed by atoms with Gasteiger partial charge < -0.3 is 10.1 Å². The molecule has 0 saturated carbocycles. The van der Waals surface area contributed by atoms with E-state index in [0.717, 1.165) is 0 Å². The third-order valence-electron chi connectivity index (χ3n) is 2.86. The van der Waals surface area contributed by atoms with Crippen molar-refractivity contribution < 1.29 is 18.8 Å². The molecule has 0 bridgehead atoms. The number of nitro benzene ring substituents is 1. The zero-order chi connectivity index (χ0) is 16.1. The summed E-state index contributed by atoms with van der Waals surface area (Å²) in [4.78, 5) is 22.0. The van der Waals surface area contributed by atoms with Gasteiger partial charge in [-0.25, -0.2) is 4.39 Å². The molecule has 0 saturated heterocycles. The number of carbonyl (C=O) groups is 1. The van der Waals surface area contributed by atoms with Crippen LogP contribution in [-0.2, 0) is 4.79 Å². The van der Waals surface area contributed by atoms with Crippen molar-refractivity contribution in [1.82, 2.24) is 0 Å². The molecule has 1 N–H and O–H groups in total. The second-order valence-electron chi connectivity index (χ2n) is 4.48. The van der Waals surface area contributed by atoms with Crippen LogP contribution < -0.4 is 10.1 Å². The van der Waals surface area contributed by atoms with Gasteiger partial charge in [0.2, 0.25) is 0 Å². The van der Waals surface area contributed by atoms with Crippen LogP contribution in [0.2, 0.25) is 0 Å². The van der Waals surface area contributed by atoms with Gasteiger partial charge in [0, 0.05) is 17.8 Å². The molecule has 2 rings (SSSR count). The number of ether oxygens (including phenoxy) is 1. The molecule has 0 aliphatic carbocycles. The number of nitrogens with one attached hydrogen (secondary N) is 1. The second kappa shape index (κ2) is 6.66. The third-order valence-corrected chi connectivity index (χ3v) is 2.86. The molecule has 0 heterocycles. The Morgan fingerprint density at radius 2 is 1.86 bits per heavy atom. The highest BCUT2D eigenvalue weighted by Gasteiger charge is 2.17. The maximum absolute atomic E-state index is 13.4. The first-order valence-electron chi connectivity index (χ1n) is 6.44. The number of anilines is 1. The predicted molar refractivity (Wildman–Crippen MR) is 78.2 cm³/mol. The molecule has 0 radical (unpaired) electrons. The standard InChI is InChI=1S/C15H13FN2O4/c1-10(22-14-5-3-2-4-13(14)16)15(19)17-11-6-8-12(9-7-11)18(20)21/h2-10H,1H3,(H,17,19). The van der Waals surface area contributed by atoms with E-state index in [1.54, 1.807) is 6.07 Å². The molecule has 0 fully saturated rings. The van der Waals surface area contributed by atoms with Gasteiger partial charge in [-0.2, -0.15) is 0 Å². The molecule has 1 unspecified atom stereocenters. The maximum Gasteiger partial charge on any atom is 0.269 e. The lowest BCUT2D eigenvalue weighted by molar-refractivity contribution is -0.384. The SMILES string of the molecule is CC(Oc1ccccc1F)C(=O)Nc1ccc([N+](=O)[O-])cc1. The zero-order valence-corrected chi connectivity index (χ0v) is 11.7. The summed E-state index contributed by atoms with van der Waals surface area (Å²) in [6, 6.07) is 11.1. The molecule has 7 heteroatoms. The largest absolute Gasteiger partial charge is 0.478 e. The average Bonchev–Trinajstić information content (AvgIpc) is 2.50. The van der Waals surface area contributed by atoms with Gasteiger partial charge in [-0.3, -0.25) is 14.9 Å². The van der Waals surface area contributed by atoms with E-state index in [-0.39, 0.29) is 11.4 Å². The molecule has 0 spiro atoms. The summed E-state index contributed by atoms with van der Waals surface area (Å²) >= 11 is 0. The molecule has 22 heavy (non-hydrogen) atoms. The van der Waals surface area contributed by atoms with Crippen molar-refractivity contribution in [2.75, 3.05) is 5.32 Å². The van der Waals surface area contributed by atoms with Gasteiger partial charge in [0.1, 0.15) is 0 Å². The van der Waals surface area contributed by atoms with E-state index >= 15 is 0 Å². The first kappa shape index (κ1) is 15.4. The minimum atomic E-state index is -0.924. The number of hydrogen-bond acceptors (Lipinski definition) is 4. The van der Waals surface area contributed by atoms with Crippen molar-refractivity contribution >= 4 is 17.3 Å². The molecular formula is C15H13FN2O4. The van der Waals surface area contributed by atoms with Crippen LogP contribution in [0, 0.1) is 15.9 Å². The number of rotatable bonds is 5. The summed E-state index contributed by atoms with van der Waals surface area (Å²) in [5, 5.41) is 13.1. The van der Waals surface area contributed by atoms with Crippen molar-refractivity contribution in [2.45, 2.75) is 13.0 Å². The Hall–Kier alpha value is -2.96. The van der Waals surface area contributed by atoms with E-state index in [1.165, 1.54) is 49.4 Å². The second-order valence-corrected chi connectivity index (χ2v) is 4.48. The van der Waals surface area contributed by atoms with Crippen LogP contribution in [0.3, 0.4) is 0 Å². The summed E-state index contributed by atoms with van der Waals surface area (Å²) in [5.41, 5.74) is 0.313. The van der Waals surface area contributed by atoms with Gasteiger partial charge in [-0.15, -0.1) is 0 Å². The van der Waals surface area contributed by atoms with Gasteiger partial charge in [-0.05, 0) is 31.2 Å². The molecule has 0 aliphatic rings. The highest BCUT2D eigenvalue weighted by molar-refractivity contribution is 5.94. The number of hydrogen-bond donors (Lipinski definition) is 1. The summed E-state index contributed by atoms with van der Waals surface area (Å²) in [5.74, 6) is -1.07. The Morgan fingerprint density at radius 3 is 2.45 bits per heavy atom. The average molecular weight is 304 g/mol. The maximum atomic E-state index is 13.4. The Bertz CT molecular complexity index is 688. The van der Waals surface area contributed by atoms with Crippen LogP contribution in [0.25, 0.3) is 0 Å². The molecular weight excluding hydrogens is 291 g/mol. The number of para-hydroxylation sites is 1.